The van der Waals surface area contributed by atoms with Crippen molar-refractivity contribution in [2.24, 2.45) is 0 Å². The maximum absolute atomic E-state index is 12.1. The zero-order valence-electron chi connectivity index (χ0n) is 11.6. The van der Waals surface area contributed by atoms with Crippen molar-refractivity contribution in [2.45, 2.75) is 17.2 Å². The predicted octanol–water partition coefficient (Wildman–Crippen LogP) is 3.23. The third-order valence-corrected chi connectivity index (χ3v) is 6.79. The lowest BCUT2D eigenvalue weighted by atomic mass is 10.3. The lowest BCUT2D eigenvalue weighted by Crippen LogP contribution is -2.24. The Morgan fingerprint density at radius 1 is 1.23 bits per heavy atom. The van der Waals surface area contributed by atoms with Gasteiger partial charge in [0.15, 0.2) is 0 Å². The summed E-state index contributed by atoms with van der Waals surface area (Å²) in [6, 6.07) is 11.2. The molecule has 0 radical (unpaired) electrons. The first-order valence-electron chi connectivity index (χ1n) is 6.71. The summed E-state index contributed by atoms with van der Waals surface area (Å²) < 4.78 is 29.9. The Kier molecular flexibility index (Phi) is 4.62. The minimum Gasteiger partial charge on any atom is -0.331 e. The van der Waals surface area contributed by atoms with Crippen LogP contribution in [0.25, 0.3) is 11.0 Å². The Morgan fingerprint density at radius 3 is 2.82 bits per heavy atom. The highest BCUT2D eigenvalue weighted by molar-refractivity contribution is 9.11. The highest BCUT2D eigenvalue weighted by atomic mass is 79.9. The van der Waals surface area contributed by atoms with E-state index in [0.717, 1.165) is 21.4 Å². The number of nitrogens with zero attached hydrogens (tertiary/aromatic N) is 2. The molecule has 3 aromatic rings. The maximum atomic E-state index is 12.1. The van der Waals surface area contributed by atoms with Crippen LogP contribution in [0.3, 0.4) is 0 Å². The highest BCUT2D eigenvalue weighted by Crippen LogP contribution is 2.25. The molecule has 0 bridgehead atoms. The van der Waals surface area contributed by atoms with Gasteiger partial charge in [0.25, 0.3) is 0 Å². The van der Waals surface area contributed by atoms with Crippen molar-refractivity contribution >= 4 is 48.3 Å². The average Bonchev–Trinajstić information content (AvgIpc) is 3.11. The van der Waals surface area contributed by atoms with E-state index in [4.69, 9.17) is 0 Å². The number of hydrogen-bond acceptors (Lipinski definition) is 4. The van der Waals surface area contributed by atoms with Crippen molar-refractivity contribution in [1.29, 1.82) is 0 Å². The summed E-state index contributed by atoms with van der Waals surface area (Å²) in [7, 11) is -3.41. The molecule has 0 fully saturated rings. The highest BCUT2D eigenvalue weighted by Gasteiger charge is 2.15. The Hall–Kier alpha value is -1.22. The molecule has 0 saturated carbocycles. The summed E-state index contributed by atoms with van der Waals surface area (Å²) >= 11 is 4.47. The summed E-state index contributed by atoms with van der Waals surface area (Å²) in [6.07, 6.45) is 2.49. The van der Waals surface area contributed by atoms with Gasteiger partial charge in [0.1, 0.15) is 4.21 Å². The van der Waals surface area contributed by atoms with Crippen LogP contribution in [0, 0.1) is 0 Å². The number of para-hydroxylation sites is 2. The van der Waals surface area contributed by atoms with Gasteiger partial charge in [-0.05, 0) is 46.6 Å². The SMILES string of the molecule is O=S(=O)(NCCCn1cnc2ccccc21)c1ccc(Br)s1. The molecule has 0 atom stereocenters. The fraction of sp³-hybridized carbons (Fsp3) is 0.214. The first kappa shape index (κ1) is 15.7. The molecule has 0 spiro atoms. The zero-order chi connectivity index (χ0) is 15.6. The fourth-order valence-corrected chi connectivity index (χ4v) is 5.29. The van der Waals surface area contributed by atoms with Gasteiger partial charge in [-0.3, -0.25) is 0 Å². The Morgan fingerprint density at radius 2 is 2.05 bits per heavy atom. The molecular formula is C14H14BrN3O2S2. The predicted molar refractivity (Wildman–Crippen MR) is 91.6 cm³/mol. The van der Waals surface area contributed by atoms with Gasteiger partial charge in [0.2, 0.25) is 10.0 Å². The number of aromatic nitrogens is 2. The molecule has 0 unspecified atom stereocenters. The molecular weight excluding hydrogens is 386 g/mol. The number of hydrogen-bond donors (Lipinski definition) is 1. The zero-order valence-corrected chi connectivity index (χ0v) is 14.8. The van der Waals surface area contributed by atoms with E-state index in [0.29, 0.717) is 17.2 Å². The second-order valence-electron chi connectivity index (χ2n) is 4.74. The second-order valence-corrected chi connectivity index (χ2v) is 9.19. The molecule has 2 heterocycles. The molecule has 8 heteroatoms. The van der Waals surface area contributed by atoms with Gasteiger partial charge in [-0.1, -0.05) is 12.1 Å². The molecule has 1 aromatic carbocycles. The largest absolute Gasteiger partial charge is 0.331 e. The van der Waals surface area contributed by atoms with Crippen molar-refractivity contribution in [3.63, 3.8) is 0 Å². The van der Waals surface area contributed by atoms with Crippen LogP contribution in [0.1, 0.15) is 6.42 Å². The third-order valence-electron chi connectivity index (χ3n) is 3.21. The Bertz CT molecular complexity index is 886. The van der Waals surface area contributed by atoms with Crippen molar-refractivity contribution < 1.29 is 8.42 Å². The fourth-order valence-electron chi connectivity index (χ4n) is 2.16. The number of nitrogens with one attached hydrogen (secondary N) is 1. The van der Waals surface area contributed by atoms with Crippen LogP contribution in [0.4, 0.5) is 0 Å². The van der Waals surface area contributed by atoms with Gasteiger partial charge in [0.05, 0.1) is 21.1 Å². The van der Waals surface area contributed by atoms with Crippen molar-refractivity contribution in [3.8, 4) is 0 Å². The van der Waals surface area contributed by atoms with Gasteiger partial charge in [-0.2, -0.15) is 0 Å². The number of imidazole rings is 1. The van der Waals surface area contributed by atoms with E-state index < -0.39 is 10.0 Å². The normalized spacial score (nSPS) is 12.0. The van der Waals surface area contributed by atoms with Crippen LogP contribution in [0.2, 0.25) is 0 Å². The van der Waals surface area contributed by atoms with E-state index in [-0.39, 0.29) is 0 Å². The summed E-state index contributed by atoms with van der Waals surface area (Å²) in [5, 5.41) is 0. The molecule has 0 amide bonds. The Balaban J connectivity index is 1.58. The molecule has 1 N–H and O–H groups in total. The van der Waals surface area contributed by atoms with Crippen LogP contribution < -0.4 is 4.72 Å². The van der Waals surface area contributed by atoms with Crippen LogP contribution in [-0.4, -0.2) is 24.5 Å². The van der Waals surface area contributed by atoms with E-state index in [1.165, 1.54) is 11.3 Å². The number of halogens is 1. The summed E-state index contributed by atoms with van der Waals surface area (Å²) in [5.74, 6) is 0. The summed E-state index contributed by atoms with van der Waals surface area (Å²) in [4.78, 5) is 4.32. The number of sulfonamides is 1. The van der Waals surface area contributed by atoms with E-state index in [9.17, 15) is 8.42 Å². The van der Waals surface area contributed by atoms with Crippen molar-refractivity contribution in [2.75, 3.05) is 6.54 Å². The number of aryl methyl sites for hydroxylation is 1. The molecule has 22 heavy (non-hydrogen) atoms. The maximum Gasteiger partial charge on any atom is 0.250 e. The van der Waals surface area contributed by atoms with Crippen LogP contribution in [0.5, 0.6) is 0 Å². The van der Waals surface area contributed by atoms with E-state index >= 15 is 0 Å². The van der Waals surface area contributed by atoms with E-state index in [1.807, 2.05) is 28.8 Å². The van der Waals surface area contributed by atoms with Crippen molar-refractivity contribution in [3.05, 3.63) is 46.5 Å². The quantitative estimate of drug-likeness (QED) is 0.647. The molecule has 0 aliphatic rings. The van der Waals surface area contributed by atoms with E-state index in [2.05, 4.69) is 25.6 Å². The lowest BCUT2D eigenvalue weighted by molar-refractivity contribution is 0.573. The monoisotopic (exact) mass is 399 g/mol. The smallest absolute Gasteiger partial charge is 0.250 e. The van der Waals surface area contributed by atoms with Crippen LogP contribution >= 0.6 is 27.3 Å². The minimum atomic E-state index is -3.41. The summed E-state index contributed by atoms with van der Waals surface area (Å²) in [6.45, 7) is 1.11. The number of thiophene rings is 1. The standard InChI is InChI=1S/C14H14BrN3O2S2/c15-13-6-7-14(21-13)22(19,20)17-8-3-9-18-10-16-11-4-1-2-5-12(11)18/h1-2,4-7,10,17H,3,8-9H2. The van der Waals surface area contributed by atoms with Crippen LogP contribution in [0.15, 0.2) is 50.7 Å². The molecule has 2 aromatic heterocycles. The number of rotatable bonds is 6. The Labute approximate surface area is 141 Å². The first-order chi connectivity index (χ1) is 10.6. The van der Waals surface area contributed by atoms with Crippen LogP contribution in [-0.2, 0) is 16.6 Å². The third kappa shape index (κ3) is 3.40. The second kappa shape index (κ2) is 6.49. The minimum absolute atomic E-state index is 0.326. The molecule has 5 nitrogen and oxygen atoms in total. The average molecular weight is 400 g/mol. The van der Waals surface area contributed by atoms with Gasteiger partial charge < -0.3 is 4.57 Å². The van der Waals surface area contributed by atoms with E-state index in [1.54, 1.807) is 18.5 Å². The number of benzene rings is 1. The molecule has 0 saturated heterocycles. The topological polar surface area (TPSA) is 64.0 Å². The van der Waals surface area contributed by atoms with Crippen molar-refractivity contribution in [1.82, 2.24) is 14.3 Å². The molecule has 0 aliphatic carbocycles. The molecule has 3 rings (SSSR count). The first-order valence-corrected chi connectivity index (χ1v) is 9.80. The van der Waals surface area contributed by atoms with Gasteiger partial charge in [0, 0.05) is 13.1 Å². The lowest BCUT2D eigenvalue weighted by Gasteiger charge is -2.06. The van der Waals surface area contributed by atoms with Gasteiger partial charge in [-0.15, -0.1) is 11.3 Å². The number of fused-ring (bicyclic) bond motifs is 1. The molecule has 0 aliphatic heterocycles. The van der Waals surface area contributed by atoms with Gasteiger partial charge in [-0.25, -0.2) is 18.1 Å². The molecule has 116 valence electrons. The summed E-state index contributed by atoms with van der Waals surface area (Å²) in [5.41, 5.74) is 2.01. The van der Waals surface area contributed by atoms with Gasteiger partial charge >= 0.3 is 0 Å².